The molecule has 3 nitrogen and oxygen atoms in total. The van der Waals surface area contributed by atoms with E-state index in [0.717, 1.165) is 0 Å². The highest BCUT2D eigenvalue weighted by Crippen LogP contribution is 1.77. The maximum Gasteiger partial charge on any atom is 0.310 e. The van der Waals surface area contributed by atoms with Gasteiger partial charge in [0, 0.05) is 23.1 Å². The van der Waals surface area contributed by atoms with Gasteiger partial charge >= 0.3 is 5.97 Å². The van der Waals surface area contributed by atoms with Crippen LogP contribution in [0.5, 0.6) is 0 Å². The molecule has 0 aromatic heterocycles. The Labute approximate surface area is 63.2 Å². The van der Waals surface area contributed by atoms with E-state index in [1.54, 1.807) is 0 Å². The molecule has 0 aromatic carbocycles. The van der Waals surface area contributed by atoms with Crippen LogP contribution in [0.3, 0.4) is 0 Å². The van der Waals surface area contributed by atoms with E-state index >= 15 is 0 Å². The zero-order valence-electron chi connectivity index (χ0n) is 4.68. The molecule has 0 saturated heterocycles. The summed E-state index contributed by atoms with van der Waals surface area (Å²) in [5.41, 5.74) is 0. The molecule has 2 radical (unpaired) electrons. The Morgan fingerprint density at radius 2 is 1.88 bits per heavy atom. The maximum absolute atomic E-state index is 9.87. The molecule has 0 bridgehead atoms. The summed E-state index contributed by atoms with van der Waals surface area (Å²) < 4.78 is 0. The number of rotatable bonds is 2. The van der Waals surface area contributed by atoms with Gasteiger partial charge in [-0.2, -0.15) is 0 Å². The Kier molecular flexibility index (Phi) is 6.83. The predicted molar refractivity (Wildman–Crippen MR) is 28.7 cm³/mol. The third-order valence-electron chi connectivity index (χ3n) is 0.400. The van der Waals surface area contributed by atoms with E-state index in [9.17, 15) is 9.59 Å². The van der Waals surface area contributed by atoms with E-state index in [0.29, 0.717) is 0 Å². The van der Waals surface area contributed by atoms with Crippen molar-refractivity contribution in [3.8, 4) is 0 Å². The van der Waals surface area contributed by atoms with Gasteiger partial charge < -0.3 is 5.11 Å². The predicted octanol–water partition coefficient (Wildman–Crippen LogP) is -0.331. The first kappa shape index (κ1) is 10.8. The quantitative estimate of drug-likeness (QED) is 0.407. The van der Waals surface area contributed by atoms with Crippen LogP contribution in [0.25, 0.3) is 0 Å². The minimum absolute atomic E-state index is 0. The number of aliphatic carboxylic acids is 1. The third-order valence-corrected chi connectivity index (χ3v) is 0.400. The third kappa shape index (κ3) is 9.32. The lowest BCUT2D eigenvalue weighted by Gasteiger charge is -1.80. The Morgan fingerprint density at radius 3 is 1.88 bits per heavy atom. The van der Waals surface area contributed by atoms with Crippen LogP contribution in [-0.2, 0) is 9.59 Å². The standard InChI is InChI=1S/C4H6O3.Mg/c1-3(5)2-4(6)7;/h2H2,1H3,(H,6,7);. The lowest BCUT2D eigenvalue weighted by atomic mass is 10.3. The first-order valence-electron chi connectivity index (χ1n) is 1.84. The molecule has 0 aliphatic heterocycles. The zero-order valence-corrected chi connectivity index (χ0v) is 6.09. The van der Waals surface area contributed by atoms with Gasteiger partial charge in [-0.25, -0.2) is 0 Å². The molecular formula is C4H6MgO3. The van der Waals surface area contributed by atoms with E-state index in [2.05, 4.69) is 0 Å². The smallest absolute Gasteiger partial charge is 0.310 e. The Bertz CT molecular complexity index is 87.5. The summed E-state index contributed by atoms with van der Waals surface area (Å²) in [7, 11) is 0. The molecule has 0 heterocycles. The molecule has 0 atom stereocenters. The summed E-state index contributed by atoms with van der Waals surface area (Å²) in [4.78, 5) is 19.5. The maximum atomic E-state index is 9.87. The average Bonchev–Trinajstić information content (AvgIpc) is 1.27. The Hall–Kier alpha value is -0.0938. The molecule has 0 unspecified atom stereocenters. The van der Waals surface area contributed by atoms with Gasteiger partial charge in [0.1, 0.15) is 12.2 Å². The fraction of sp³-hybridized carbons (Fsp3) is 0.500. The van der Waals surface area contributed by atoms with Crippen LogP contribution in [-0.4, -0.2) is 39.9 Å². The normalized spacial score (nSPS) is 7.12. The molecule has 0 aliphatic carbocycles. The second-order valence-corrected chi connectivity index (χ2v) is 1.27. The van der Waals surface area contributed by atoms with E-state index < -0.39 is 5.97 Å². The second-order valence-electron chi connectivity index (χ2n) is 1.27. The molecule has 0 amide bonds. The first-order chi connectivity index (χ1) is 3.13. The van der Waals surface area contributed by atoms with Gasteiger partial charge in [-0.3, -0.25) is 9.59 Å². The van der Waals surface area contributed by atoms with E-state index in [1.807, 2.05) is 0 Å². The number of Topliss-reactive ketones (excluding diaryl/α,β-unsaturated/α-hetero) is 1. The number of carboxylic acids is 1. The molecule has 0 spiro atoms. The van der Waals surface area contributed by atoms with Crippen molar-refractivity contribution in [2.75, 3.05) is 0 Å². The monoisotopic (exact) mass is 126 g/mol. The molecule has 0 aromatic rings. The van der Waals surface area contributed by atoms with Crippen molar-refractivity contribution in [1.29, 1.82) is 0 Å². The number of ketones is 1. The number of hydrogen-bond donors (Lipinski definition) is 1. The SMILES string of the molecule is CC(=O)CC(=O)O.[Mg]. The zero-order chi connectivity index (χ0) is 5.86. The number of carbonyl (C=O) groups excluding carboxylic acids is 1. The van der Waals surface area contributed by atoms with Crippen molar-refractivity contribution < 1.29 is 14.7 Å². The van der Waals surface area contributed by atoms with Gasteiger partial charge in [0.2, 0.25) is 0 Å². The Morgan fingerprint density at radius 1 is 1.50 bits per heavy atom. The lowest BCUT2D eigenvalue weighted by molar-refractivity contribution is -0.139. The average molecular weight is 126 g/mol. The highest BCUT2D eigenvalue weighted by molar-refractivity contribution is 5.93. The van der Waals surface area contributed by atoms with Crippen LogP contribution in [0.4, 0.5) is 0 Å². The van der Waals surface area contributed by atoms with Crippen molar-refractivity contribution in [3.05, 3.63) is 0 Å². The fourth-order valence-electron chi connectivity index (χ4n) is 0.213. The van der Waals surface area contributed by atoms with Crippen LogP contribution in [0.15, 0.2) is 0 Å². The summed E-state index contributed by atoms with van der Waals surface area (Å²) in [6.07, 6.45) is -0.361. The molecular weight excluding hydrogens is 120 g/mol. The van der Waals surface area contributed by atoms with Gasteiger partial charge in [0.25, 0.3) is 0 Å². The van der Waals surface area contributed by atoms with Crippen molar-refractivity contribution in [3.63, 3.8) is 0 Å². The van der Waals surface area contributed by atoms with Crippen molar-refractivity contribution in [1.82, 2.24) is 0 Å². The molecule has 42 valence electrons. The first-order valence-corrected chi connectivity index (χ1v) is 1.84. The second kappa shape index (κ2) is 5.05. The Balaban J connectivity index is 0. The van der Waals surface area contributed by atoms with E-state index in [4.69, 9.17) is 5.11 Å². The molecule has 1 N–H and O–H groups in total. The molecule has 0 rings (SSSR count). The van der Waals surface area contributed by atoms with Crippen LogP contribution >= 0.6 is 0 Å². The van der Waals surface area contributed by atoms with Crippen LogP contribution in [0.2, 0.25) is 0 Å². The van der Waals surface area contributed by atoms with Gasteiger partial charge in [0.15, 0.2) is 0 Å². The molecule has 0 saturated carbocycles. The van der Waals surface area contributed by atoms with E-state index in [-0.39, 0.29) is 35.3 Å². The van der Waals surface area contributed by atoms with Crippen LogP contribution < -0.4 is 0 Å². The number of carboxylic acid groups (broad SMARTS) is 1. The molecule has 8 heavy (non-hydrogen) atoms. The highest BCUT2D eigenvalue weighted by Gasteiger charge is 1.98. The molecule has 4 heteroatoms. The number of carbonyl (C=O) groups is 2. The highest BCUT2D eigenvalue weighted by atomic mass is 24.3. The number of hydrogen-bond acceptors (Lipinski definition) is 2. The fourth-order valence-corrected chi connectivity index (χ4v) is 0.213. The lowest BCUT2D eigenvalue weighted by Crippen LogP contribution is -2.00. The van der Waals surface area contributed by atoms with Crippen LogP contribution in [0.1, 0.15) is 13.3 Å². The van der Waals surface area contributed by atoms with Gasteiger partial charge in [-0.1, -0.05) is 0 Å². The molecule has 0 aliphatic rings. The minimum Gasteiger partial charge on any atom is -0.481 e. The van der Waals surface area contributed by atoms with Gasteiger partial charge in [-0.05, 0) is 6.92 Å². The summed E-state index contributed by atoms with van der Waals surface area (Å²) in [5, 5.41) is 7.86. The van der Waals surface area contributed by atoms with Crippen LogP contribution in [0, 0.1) is 0 Å². The minimum atomic E-state index is -1.06. The van der Waals surface area contributed by atoms with Crippen molar-refractivity contribution >= 4 is 34.8 Å². The van der Waals surface area contributed by atoms with E-state index in [1.165, 1.54) is 6.92 Å². The summed E-state index contributed by atoms with van der Waals surface area (Å²) in [5.74, 6) is -1.37. The van der Waals surface area contributed by atoms with Crippen molar-refractivity contribution in [2.24, 2.45) is 0 Å². The summed E-state index contributed by atoms with van der Waals surface area (Å²) >= 11 is 0. The summed E-state index contributed by atoms with van der Waals surface area (Å²) in [6.45, 7) is 1.24. The topological polar surface area (TPSA) is 54.4 Å². The largest absolute Gasteiger partial charge is 0.481 e. The summed E-state index contributed by atoms with van der Waals surface area (Å²) in [6, 6.07) is 0. The van der Waals surface area contributed by atoms with Crippen molar-refractivity contribution in [2.45, 2.75) is 13.3 Å². The molecule has 0 fully saturated rings. The van der Waals surface area contributed by atoms with Gasteiger partial charge in [0.05, 0.1) is 0 Å². The van der Waals surface area contributed by atoms with Gasteiger partial charge in [-0.15, -0.1) is 0 Å².